The Morgan fingerprint density at radius 3 is 1.50 bits per heavy atom. The van der Waals surface area contributed by atoms with E-state index in [4.69, 9.17) is 0 Å². The minimum absolute atomic E-state index is 0.745. The Morgan fingerprint density at radius 1 is 0.944 bits per heavy atom. The van der Waals surface area contributed by atoms with E-state index in [-0.39, 0.29) is 0 Å². The maximum atomic E-state index is 11.1. The molecule has 0 fully saturated rings. The molecule has 18 heavy (non-hydrogen) atoms. The topological polar surface area (TPSA) is 34.1 Å². The first kappa shape index (κ1) is 20.3. The van der Waals surface area contributed by atoms with E-state index in [1.165, 1.54) is 11.1 Å². The van der Waals surface area contributed by atoms with Crippen LogP contribution in [0.4, 0.5) is 0 Å². The van der Waals surface area contributed by atoms with Crippen LogP contribution in [0.15, 0.2) is 23.3 Å². The van der Waals surface area contributed by atoms with Crippen LogP contribution in [0.25, 0.3) is 0 Å². The average molecular weight is 292 g/mol. The number of rotatable bonds is 4. The summed E-state index contributed by atoms with van der Waals surface area (Å²) in [5, 5.41) is 0. The van der Waals surface area contributed by atoms with Gasteiger partial charge in [-0.1, -0.05) is 23.3 Å². The molecule has 0 spiro atoms. The van der Waals surface area contributed by atoms with Crippen LogP contribution in [0.1, 0.15) is 27.7 Å². The molecule has 0 amide bonds. The normalized spacial score (nSPS) is 12.6. The van der Waals surface area contributed by atoms with E-state index >= 15 is 0 Å². The molecule has 0 aliphatic rings. The van der Waals surface area contributed by atoms with Gasteiger partial charge in [-0.15, -0.1) is 0 Å². The molecule has 0 radical (unpaired) electrons. The summed E-state index contributed by atoms with van der Waals surface area (Å²) < 4.78 is 22.2. The van der Waals surface area contributed by atoms with Crippen molar-refractivity contribution in [1.29, 1.82) is 0 Å². The SMILES string of the molecule is CC(C)=CCP(C)(C)=O.CC=C(C)CP(C)(C)=O. The molecule has 0 atom stereocenters. The minimum Gasteiger partial charge on any atom is -0.324 e. The molecule has 0 saturated heterocycles. The molecule has 0 N–H and O–H groups in total. The van der Waals surface area contributed by atoms with Gasteiger partial charge in [0.1, 0.15) is 0 Å². The van der Waals surface area contributed by atoms with E-state index in [0.717, 1.165) is 12.3 Å². The lowest BCUT2D eigenvalue weighted by atomic mass is 10.3. The van der Waals surface area contributed by atoms with Crippen LogP contribution in [0.2, 0.25) is 0 Å². The lowest BCUT2D eigenvalue weighted by molar-refractivity contribution is 0.583. The molecule has 0 rings (SSSR count). The first-order valence-electron chi connectivity index (χ1n) is 6.20. The van der Waals surface area contributed by atoms with E-state index in [1.807, 2.05) is 66.5 Å². The summed E-state index contributed by atoms with van der Waals surface area (Å²) in [4.78, 5) is 0. The molecular formula is C14H30O2P2. The lowest BCUT2D eigenvalue weighted by Gasteiger charge is -2.04. The Morgan fingerprint density at radius 2 is 1.39 bits per heavy atom. The third-order valence-corrected chi connectivity index (χ3v) is 4.38. The quantitative estimate of drug-likeness (QED) is 0.530. The zero-order valence-electron chi connectivity index (χ0n) is 13.3. The molecule has 0 aromatic carbocycles. The fourth-order valence-electron chi connectivity index (χ4n) is 1.09. The van der Waals surface area contributed by atoms with Gasteiger partial charge in [0.25, 0.3) is 0 Å². The second-order valence-corrected chi connectivity index (χ2v) is 12.9. The number of hydrogen-bond acceptors (Lipinski definition) is 2. The average Bonchev–Trinajstić information content (AvgIpc) is 2.12. The molecule has 0 bridgehead atoms. The summed E-state index contributed by atoms with van der Waals surface area (Å²) >= 11 is 0. The summed E-state index contributed by atoms with van der Waals surface area (Å²) in [5.74, 6) is 0. The Balaban J connectivity index is 0. The van der Waals surface area contributed by atoms with Gasteiger partial charge in [-0.05, 0) is 54.4 Å². The minimum atomic E-state index is -1.81. The fraction of sp³-hybridized carbons (Fsp3) is 0.714. The molecule has 0 aromatic heterocycles. The standard InChI is InChI=1S/2C7H15OP/c1-7(2)5-6-9(3,4)8;1-5-7(2)6-9(3,4)8/h2*5H,6H2,1-4H3. The van der Waals surface area contributed by atoms with Crippen molar-refractivity contribution in [2.45, 2.75) is 27.7 Å². The molecule has 2 nitrogen and oxygen atoms in total. The Bertz CT molecular complexity index is 377. The van der Waals surface area contributed by atoms with Crippen LogP contribution < -0.4 is 0 Å². The van der Waals surface area contributed by atoms with Crippen molar-refractivity contribution < 1.29 is 9.13 Å². The van der Waals surface area contributed by atoms with Crippen LogP contribution >= 0.6 is 14.3 Å². The summed E-state index contributed by atoms with van der Waals surface area (Å²) in [6.07, 6.45) is 5.55. The number of allylic oxidation sites excluding steroid dienone is 4. The highest BCUT2D eigenvalue weighted by Gasteiger charge is 2.05. The van der Waals surface area contributed by atoms with E-state index < -0.39 is 14.3 Å². The highest BCUT2D eigenvalue weighted by molar-refractivity contribution is 7.62. The van der Waals surface area contributed by atoms with Crippen molar-refractivity contribution >= 4 is 14.3 Å². The van der Waals surface area contributed by atoms with Crippen LogP contribution in [0, 0.1) is 0 Å². The van der Waals surface area contributed by atoms with Crippen molar-refractivity contribution in [3.63, 3.8) is 0 Å². The summed E-state index contributed by atoms with van der Waals surface area (Å²) in [7, 11) is -3.60. The van der Waals surface area contributed by atoms with E-state index in [2.05, 4.69) is 0 Å². The van der Waals surface area contributed by atoms with Crippen molar-refractivity contribution in [2.24, 2.45) is 0 Å². The van der Waals surface area contributed by atoms with Crippen LogP contribution in [-0.2, 0) is 9.13 Å². The smallest absolute Gasteiger partial charge is 0.0857 e. The largest absolute Gasteiger partial charge is 0.324 e. The van der Waals surface area contributed by atoms with Crippen molar-refractivity contribution in [3.8, 4) is 0 Å². The zero-order valence-corrected chi connectivity index (χ0v) is 15.1. The summed E-state index contributed by atoms with van der Waals surface area (Å²) in [5.41, 5.74) is 2.47. The maximum absolute atomic E-state index is 11.1. The Labute approximate surface area is 114 Å². The van der Waals surface area contributed by atoms with E-state index in [1.54, 1.807) is 0 Å². The fourth-order valence-corrected chi connectivity index (χ4v) is 3.28. The van der Waals surface area contributed by atoms with Gasteiger partial charge < -0.3 is 9.13 Å². The molecule has 0 aromatic rings. The third kappa shape index (κ3) is 21.2. The second kappa shape index (κ2) is 8.94. The number of hydrogen-bond donors (Lipinski definition) is 0. The van der Waals surface area contributed by atoms with Gasteiger partial charge >= 0.3 is 0 Å². The van der Waals surface area contributed by atoms with Crippen LogP contribution in [-0.4, -0.2) is 39.0 Å². The molecule has 0 aliphatic heterocycles. The third-order valence-electron chi connectivity index (χ3n) is 2.06. The molecule has 4 heteroatoms. The van der Waals surface area contributed by atoms with Gasteiger partial charge in [0, 0.05) is 12.3 Å². The summed E-state index contributed by atoms with van der Waals surface area (Å²) in [6, 6.07) is 0. The van der Waals surface area contributed by atoms with E-state index in [0.29, 0.717) is 0 Å². The Hall–Kier alpha value is -0.0600. The summed E-state index contributed by atoms with van der Waals surface area (Å²) in [6.45, 7) is 15.3. The van der Waals surface area contributed by atoms with Crippen molar-refractivity contribution in [2.75, 3.05) is 39.0 Å². The highest BCUT2D eigenvalue weighted by atomic mass is 31.2. The second-order valence-electron chi connectivity index (χ2n) is 5.91. The predicted molar refractivity (Wildman–Crippen MR) is 87.5 cm³/mol. The molecule has 108 valence electrons. The van der Waals surface area contributed by atoms with Gasteiger partial charge in [0.05, 0.1) is 14.3 Å². The van der Waals surface area contributed by atoms with Crippen LogP contribution in [0.5, 0.6) is 0 Å². The zero-order chi connectivity index (χ0) is 15.0. The molecule has 0 saturated carbocycles. The van der Waals surface area contributed by atoms with Crippen molar-refractivity contribution in [3.05, 3.63) is 23.3 Å². The highest BCUT2D eigenvalue weighted by Crippen LogP contribution is 2.37. The van der Waals surface area contributed by atoms with E-state index in [9.17, 15) is 9.13 Å². The van der Waals surface area contributed by atoms with Gasteiger partial charge in [0.15, 0.2) is 0 Å². The first-order chi connectivity index (χ1) is 7.87. The van der Waals surface area contributed by atoms with Gasteiger partial charge in [-0.3, -0.25) is 0 Å². The molecule has 0 aliphatic carbocycles. The van der Waals surface area contributed by atoms with Gasteiger partial charge in [0.2, 0.25) is 0 Å². The first-order valence-corrected chi connectivity index (χ1v) is 11.8. The lowest BCUT2D eigenvalue weighted by Crippen LogP contribution is -1.86. The molecular weight excluding hydrogens is 262 g/mol. The van der Waals surface area contributed by atoms with Crippen LogP contribution in [0.3, 0.4) is 0 Å². The molecule has 0 unspecified atom stereocenters. The van der Waals surface area contributed by atoms with Gasteiger partial charge in [-0.25, -0.2) is 0 Å². The maximum Gasteiger partial charge on any atom is 0.0857 e. The van der Waals surface area contributed by atoms with Crippen molar-refractivity contribution in [1.82, 2.24) is 0 Å². The predicted octanol–water partition coefficient (Wildman–Crippen LogP) is 5.15. The monoisotopic (exact) mass is 292 g/mol. The van der Waals surface area contributed by atoms with Gasteiger partial charge in [-0.2, -0.15) is 0 Å². The molecule has 0 heterocycles. The Kier molecular flexibility index (Phi) is 10.1.